The Hall–Kier alpha value is -2.78. The summed E-state index contributed by atoms with van der Waals surface area (Å²) >= 11 is 0. The topological polar surface area (TPSA) is 202 Å². The van der Waals surface area contributed by atoms with Crippen LogP contribution in [0.4, 0.5) is 0 Å². The zero-order chi connectivity index (χ0) is 23.8. The molecule has 0 aliphatic carbocycles. The minimum atomic E-state index is -1.20. The van der Waals surface area contributed by atoms with Crippen LogP contribution < -0.4 is 5.73 Å². The molecule has 0 aromatic heterocycles. The predicted molar refractivity (Wildman–Crippen MR) is 101 cm³/mol. The molecule has 182 valence electrons. The van der Waals surface area contributed by atoms with E-state index in [2.05, 4.69) is 9.68 Å². The molecule has 0 aromatic rings. The van der Waals surface area contributed by atoms with Gasteiger partial charge in [-0.1, -0.05) is 13.8 Å². The number of carbonyl (C=O) groups excluding carboxylic acids is 2. The van der Waals surface area contributed by atoms with E-state index >= 15 is 0 Å². The molecular weight excluding hydrogens is 438 g/mol. The van der Waals surface area contributed by atoms with Gasteiger partial charge in [-0.3, -0.25) is 9.59 Å². The molecule has 6 atom stereocenters. The van der Waals surface area contributed by atoms with Gasteiger partial charge in [0.1, 0.15) is 31.0 Å². The van der Waals surface area contributed by atoms with Crippen LogP contribution in [0.2, 0.25) is 0 Å². The summed E-state index contributed by atoms with van der Waals surface area (Å²) in [5, 5.41) is 18.5. The maximum Gasteiger partial charge on any atom is 0.323 e. The van der Waals surface area contributed by atoms with Crippen LogP contribution >= 0.6 is 0 Å². The summed E-state index contributed by atoms with van der Waals surface area (Å²) in [7, 11) is 0. The number of esters is 2. The third kappa shape index (κ3) is 7.42. The van der Waals surface area contributed by atoms with Gasteiger partial charge in [0.15, 0.2) is 12.2 Å². The first-order valence-electron chi connectivity index (χ1n) is 10.1. The largest absolute Gasteiger partial charge is 0.457 e. The van der Waals surface area contributed by atoms with Gasteiger partial charge in [0.25, 0.3) is 10.2 Å². The highest BCUT2D eigenvalue weighted by molar-refractivity contribution is 5.76. The van der Waals surface area contributed by atoms with Gasteiger partial charge in [-0.25, -0.2) is 0 Å². The third-order valence-corrected chi connectivity index (χ3v) is 5.01. The number of carbonyl (C=O) groups is 2. The van der Waals surface area contributed by atoms with Crippen molar-refractivity contribution in [1.82, 2.24) is 0 Å². The molecule has 0 amide bonds. The third-order valence-electron chi connectivity index (χ3n) is 5.01. The molecule has 0 bridgehead atoms. The normalized spacial score (nSPS) is 26.1. The molecule has 32 heavy (non-hydrogen) atoms. The highest BCUT2D eigenvalue weighted by Crippen LogP contribution is 2.31. The number of nitrogens with two attached hydrogens (primary N) is 1. The van der Waals surface area contributed by atoms with Crippen LogP contribution in [-0.2, 0) is 38.2 Å². The van der Waals surface area contributed by atoms with Crippen LogP contribution in [0.5, 0.6) is 0 Å². The first-order chi connectivity index (χ1) is 15.1. The van der Waals surface area contributed by atoms with Gasteiger partial charge in [-0.2, -0.15) is 0 Å². The molecule has 2 N–H and O–H groups in total. The molecule has 2 rings (SSSR count). The van der Waals surface area contributed by atoms with E-state index in [1.807, 2.05) is 0 Å². The average molecular weight is 465 g/mol. The van der Waals surface area contributed by atoms with E-state index < -0.39 is 65.3 Å². The van der Waals surface area contributed by atoms with Crippen molar-refractivity contribution in [2.75, 3.05) is 19.8 Å². The minimum Gasteiger partial charge on any atom is -0.457 e. The zero-order valence-electron chi connectivity index (χ0n) is 17.7. The zero-order valence-corrected chi connectivity index (χ0v) is 17.7. The van der Waals surface area contributed by atoms with Crippen molar-refractivity contribution in [3.05, 3.63) is 20.2 Å². The van der Waals surface area contributed by atoms with Gasteiger partial charge >= 0.3 is 11.9 Å². The predicted octanol–water partition coefficient (Wildman–Crippen LogP) is -0.454. The van der Waals surface area contributed by atoms with Crippen molar-refractivity contribution < 1.29 is 48.4 Å². The van der Waals surface area contributed by atoms with Crippen LogP contribution in [0.3, 0.4) is 0 Å². The smallest absolute Gasteiger partial charge is 0.323 e. The molecule has 15 heteroatoms. The summed E-state index contributed by atoms with van der Waals surface area (Å²) in [4.78, 5) is 53.3. The maximum atomic E-state index is 12.1. The first-order valence-corrected chi connectivity index (χ1v) is 10.1. The van der Waals surface area contributed by atoms with E-state index in [1.165, 1.54) is 0 Å². The van der Waals surface area contributed by atoms with Gasteiger partial charge in [0, 0.05) is 6.42 Å². The molecular formula is C17H27N3O12. The van der Waals surface area contributed by atoms with E-state index in [0.717, 1.165) is 0 Å². The highest BCUT2D eigenvalue weighted by Gasteiger charge is 2.51. The minimum absolute atomic E-state index is 0.0399. The van der Waals surface area contributed by atoms with E-state index in [4.69, 9.17) is 24.7 Å². The lowest BCUT2D eigenvalue weighted by Crippen LogP contribution is -2.42. The van der Waals surface area contributed by atoms with Crippen LogP contribution in [0.15, 0.2) is 0 Å². The summed E-state index contributed by atoms with van der Waals surface area (Å²) in [6.07, 6.45) is -3.82. The number of hydrogen-bond acceptors (Lipinski definition) is 13. The van der Waals surface area contributed by atoms with Crippen LogP contribution in [-0.4, -0.2) is 78.5 Å². The highest BCUT2D eigenvalue weighted by atomic mass is 17.0. The lowest BCUT2D eigenvalue weighted by atomic mass is 10.1. The molecule has 2 saturated heterocycles. The Kier molecular flexibility index (Phi) is 9.34. The maximum absolute atomic E-state index is 12.1. The van der Waals surface area contributed by atoms with Gasteiger partial charge in [-0.15, -0.1) is 20.2 Å². The van der Waals surface area contributed by atoms with Gasteiger partial charge in [0.2, 0.25) is 0 Å². The number of fused-ring (bicyclic) bond motifs is 1. The number of rotatable bonds is 13. The Bertz CT molecular complexity index is 690. The van der Waals surface area contributed by atoms with Gasteiger partial charge < -0.3 is 34.4 Å². The van der Waals surface area contributed by atoms with E-state index in [0.29, 0.717) is 0 Å². The van der Waals surface area contributed by atoms with Crippen LogP contribution in [0.1, 0.15) is 33.1 Å². The summed E-state index contributed by atoms with van der Waals surface area (Å²) in [6.45, 7) is 3.08. The van der Waals surface area contributed by atoms with E-state index in [1.54, 1.807) is 13.8 Å². The first kappa shape index (κ1) is 25.5. The quantitative estimate of drug-likeness (QED) is 0.208. The fraction of sp³-hybridized carbons (Fsp3) is 0.882. The lowest BCUT2D eigenvalue weighted by Gasteiger charge is -2.20. The Balaban J connectivity index is 1.75. The van der Waals surface area contributed by atoms with E-state index in [9.17, 15) is 29.8 Å². The van der Waals surface area contributed by atoms with Gasteiger partial charge in [-0.05, 0) is 18.8 Å². The Morgan fingerprint density at radius 1 is 1.06 bits per heavy atom. The molecule has 0 radical (unpaired) electrons. The number of hydrogen-bond donors (Lipinski definition) is 1. The molecule has 15 nitrogen and oxygen atoms in total. The standard InChI is InChI=1S/C17H27N3O12/c1-9(2)14(18)17(22)31-12-8-28-15-11(7-27-16(12)15)30-13(21)5-3-4-10(32-20(25)26)6-29-19(23)24/h9-12,14-16H,3-8,18H2,1-2H3/t10?,11-,12-,14?,15-,16-/m1/s1. The summed E-state index contributed by atoms with van der Waals surface area (Å²) < 4.78 is 21.9. The number of ether oxygens (including phenoxy) is 4. The second kappa shape index (κ2) is 11.7. The van der Waals surface area contributed by atoms with E-state index in [-0.39, 0.29) is 38.4 Å². The van der Waals surface area contributed by atoms with Crippen molar-refractivity contribution in [1.29, 1.82) is 0 Å². The van der Waals surface area contributed by atoms with Crippen molar-refractivity contribution in [3.8, 4) is 0 Å². The molecule has 0 saturated carbocycles. The molecule has 2 fully saturated rings. The molecule has 2 unspecified atom stereocenters. The summed E-state index contributed by atoms with van der Waals surface area (Å²) in [6, 6.07) is -0.775. The average Bonchev–Trinajstić information content (AvgIpc) is 3.28. The molecule has 2 aliphatic rings. The molecule has 2 heterocycles. The van der Waals surface area contributed by atoms with Crippen LogP contribution in [0, 0.1) is 26.1 Å². The second-order valence-corrected chi connectivity index (χ2v) is 7.73. The van der Waals surface area contributed by atoms with Crippen molar-refractivity contribution >= 4 is 11.9 Å². The monoisotopic (exact) mass is 465 g/mol. The molecule has 0 aromatic carbocycles. The Morgan fingerprint density at radius 3 is 2.19 bits per heavy atom. The Labute approximate surface area is 182 Å². The fourth-order valence-electron chi connectivity index (χ4n) is 3.27. The van der Waals surface area contributed by atoms with Crippen molar-refractivity contribution in [2.45, 2.75) is 69.7 Å². The number of nitrogens with zero attached hydrogens (tertiary/aromatic N) is 2. The molecule has 2 aliphatic heterocycles. The SMILES string of the molecule is CC(C)C(N)C(=O)O[C@@H]1CO[C@H]2[C@@H]1OC[C@H]2OC(=O)CCCC(CO[N+](=O)[O-])O[N+](=O)[O-]. The van der Waals surface area contributed by atoms with Gasteiger partial charge in [0.05, 0.1) is 13.2 Å². The van der Waals surface area contributed by atoms with Crippen molar-refractivity contribution in [3.63, 3.8) is 0 Å². The van der Waals surface area contributed by atoms with Crippen molar-refractivity contribution in [2.24, 2.45) is 11.7 Å². The second-order valence-electron chi connectivity index (χ2n) is 7.73. The summed E-state index contributed by atoms with van der Waals surface area (Å²) in [5.74, 6) is -1.27. The molecule has 0 spiro atoms. The summed E-state index contributed by atoms with van der Waals surface area (Å²) in [5.41, 5.74) is 5.78. The lowest BCUT2D eigenvalue weighted by molar-refractivity contribution is -0.790. The van der Waals surface area contributed by atoms with Crippen LogP contribution in [0.25, 0.3) is 0 Å². The Morgan fingerprint density at radius 2 is 1.66 bits per heavy atom. The fourth-order valence-corrected chi connectivity index (χ4v) is 3.27.